The van der Waals surface area contributed by atoms with Gasteiger partial charge in [0.05, 0.1) is 40.4 Å². The van der Waals surface area contributed by atoms with Gasteiger partial charge in [0.1, 0.15) is 5.75 Å². The van der Waals surface area contributed by atoms with E-state index in [1.807, 2.05) is 0 Å². The predicted octanol–water partition coefficient (Wildman–Crippen LogP) is 0.496. The van der Waals surface area contributed by atoms with Crippen molar-refractivity contribution in [2.45, 2.75) is 19.3 Å². The van der Waals surface area contributed by atoms with Gasteiger partial charge in [0, 0.05) is 5.56 Å². The first-order valence-electron chi connectivity index (χ1n) is 8.10. The molecule has 1 aromatic rings. The molecule has 0 saturated carbocycles. The van der Waals surface area contributed by atoms with Gasteiger partial charge in [-0.05, 0) is 37.5 Å². The number of methoxy groups -OCH3 is 2. The van der Waals surface area contributed by atoms with E-state index in [1.165, 1.54) is 39.5 Å². The van der Waals surface area contributed by atoms with Gasteiger partial charge in [-0.25, -0.2) is 4.99 Å². The maximum Gasteiger partial charge on any atom is 0.291 e. The van der Waals surface area contributed by atoms with Crippen molar-refractivity contribution in [2.24, 2.45) is 4.99 Å². The van der Waals surface area contributed by atoms with Crippen molar-refractivity contribution in [1.29, 1.82) is 0 Å². The summed E-state index contributed by atoms with van der Waals surface area (Å²) in [5.74, 6) is 0.386. The number of carbonyl (C=O) groups is 1. The summed E-state index contributed by atoms with van der Waals surface area (Å²) < 4.78 is 10.3. The normalized spacial score (nSPS) is 16.0. The Morgan fingerprint density at radius 3 is 2.74 bits per heavy atom. The Kier molecular flexibility index (Phi) is 6.87. The molecule has 0 bridgehead atoms. The fraction of sp³-hybridized carbons (Fsp3) is 0.529. The Bertz CT molecular complexity index is 540. The summed E-state index contributed by atoms with van der Waals surface area (Å²) in [6.45, 7) is 4.06. The van der Waals surface area contributed by atoms with Crippen LogP contribution in [0.15, 0.2) is 29.3 Å². The summed E-state index contributed by atoms with van der Waals surface area (Å²) in [7, 11) is 3.08. The Morgan fingerprint density at radius 2 is 2.04 bits per heavy atom. The number of nitrogens with zero attached hydrogens (tertiary/aromatic N) is 1. The van der Waals surface area contributed by atoms with Gasteiger partial charge in [-0.3, -0.25) is 10.1 Å². The minimum atomic E-state index is -0.255. The van der Waals surface area contributed by atoms with Crippen LogP contribution in [0.4, 0.5) is 0 Å². The second-order valence-electron chi connectivity index (χ2n) is 5.64. The van der Waals surface area contributed by atoms with E-state index in [2.05, 4.69) is 10.3 Å². The molecule has 126 valence electrons. The van der Waals surface area contributed by atoms with Crippen molar-refractivity contribution < 1.29 is 19.2 Å². The molecule has 0 spiro atoms. The topological polar surface area (TPSA) is 64.4 Å². The maximum atomic E-state index is 12.2. The number of likely N-dealkylation sites (tertiary alicyclic amines) is 1. The number of hydrogen-bond donors (Lipinski definition) is 2. The van der Waals surface area contributed by atoms with Gasteiger partial charge in [0.2, 0.25) is 0 Å². The van der Waals surface area contributed by atoms with Crippen LogP contribution in [0.5, 0.6) is 5.75 Å². The zero-order valence-corrected chi connectivity index (χ0v) is 13.9. The number of carbonyl (C=O) groups excluding carboxylic acids is 1. The van der Waals surface area contributed by atoms with E-state index in [0.29, 0.717) is 17.9 Å². The Balaban J connectivity index is 1.86. The average Bonchev–Trinajstić information content (AvgIpc) is 2.61. The van der Waals surface area contributed by atoms with Crippen molar-refractivity contribution in [1.82, 2.24) is 5.32 Å². The van der Waals surface area contributed by atoms with E-state index in [0.717, 1.165) is 6.54 Å². The lowest BCUT2D eigenvalue weighted by Gasteiger charge is -2.22. The molecule has 1 fully saturated rings. The molecular formula is C17H26N3O3+. The smallest absolute Gasteiger partial charge is 0.291 e. The minimum Gasteiger partial charge on any atom is -0.497 e. The van der Waals surface area contributed by atoms with E-state index in [9.17, 15) is 4.79 Å². The molecular weight excluding hydrogens is 294 g/mol. The lowest BCUT2D eigenvalue weighted by Crippen LogP contribution is -3.13. The molecule has 2 rings (SSSR count). The Labute approximate surface area is 137 Å². The molecule has 0 unspecified atom stereocenters. The SMILES string of the molecule is COC(=NCC[NH+]1CCCCC1)NC(=O)c1cccc(OC)c1. The highest BCUT2D eigenvalue weighted by Crippen LogP contribution is 2.12. The van der Waals surface area contributed by atoms with Gasteiger partial charge in [-0.1, -0.05) is 6.07 Å². The molecule has 2 N–H and O–H groups in total. The van der Waals surface area contributed by atoms with Gasteiger partial charge >= 0.3 is 0 Å². The summed E-state index contributed by atoms with van der Waals surface area (Å²) in [5, 5.41) is 2.70. The molecule has 0 atom stereocenters. The van der Waals surface area contributed by atoms with Gasteiger partial charge in [0.15, 0.2) is 0 Å². The molecule has 0 radical (unpaired) electrons. The zero-order valence-electron chi connectivity index (χ0n) is 13.9. The number of amidine groups is 1. The Morgan fingerprint density at radius 1 is 1.26 bits per heavy atom. The summed E-state index contributed by atoms with van der Waals surface area (Å²) in [6.07, 6.45) is 3.93. The molecule has 23 heavy (non-hydrogen) atoms. The number of benzene rings is 1. The van der Waals surface area contributed by atoms with Gasteiger partial charge < -0.3 is 14.4 Å². The molecule has 1 saturated heterocycles. The third kappa shape index (κ3) is 5.56. The van der Waals surface area contributed by atoms with Crippen LogP contribution < -0.4 is 15.0 Å². The van der Waals surface area contributed by atoms with Crippen LogP contribution in [0.1, 0.15) is 29.6 Å². The van der Waals surface area contributed by atoms with Crippen molar-refractivity contribution in [3.05, 3.63) is 29.8 Å². The van der Waals surface area contributed by atoms with Gasteiger partial charge in [0.25, 0.3) is 11.9 Å². The highest BCUT2D eigenvalue weighted by Gasteiger charge is 2.13. The third-order valence-corrected chi connectivity index (χ3v) is 4.03. The number of aliphatic imine (C=N–C) groups is 1. The van der Waals surface area contributed by atoms with Crippen molar-refractivity contribution >= 4 is 11.9 Å². The summed E-state index contributed by atoms with van der Waals surface area (Å²) >= 11 is 0. The van der Waals surface area contributed by atoms with Gasteiger partial charge in [-0.15, -0.1) is 0 Å². The highest BCUT2D eigenvalue weighted by molar-refractivity contribution is 6.04. The molecule has 6 nitrogen and oxygen atoms in total. The molecule has 1 aromatic carbocycles. The standard InChI is InChI=1S/C17H25N3O3/c1-22-15-8-6-7-14(13-15)16(21)19-17(23-2)18-9-12-20-10-4-3-5-11-20/h6-8,13H,3-5,9-12H2,1-2H3,(H,18,19,21)/p+1. The lowest BCUT2D eigenvalue weighted by molar-refractivity contribution is -0.903. The summed E-state index contributed by atoms with van der Waals surface area (Å²) in [6, 6.07) is 7.23. The van der Waals surface area contributed by atoms with Crippen LogP contribution in [0.3, 0.4) is 0 Å². The molecule has 1 aliphatic rings. The van der Waals surface area contributed by atoms with Crippen LogP contribution in [0.25, 0.3) is 0 Å². The average molecular weight is 320 g/mol. The number of ether oxygens (including phenoxy) is 2. The first-order valence-corrected chi connectivity index (χ1v) is 8.10. The van der Waals surface area contributed by atoms with Crippen molar-refractivity contribution in [3.63, 3.8) is 0 Å². The number of amides is 1. The van der Waals surface area contributed by atoms with E-state index in [1.54, 1.807) is 36.3 Å². The quantitative estimate of drug-likeness (QED) is 0.613. The van der Waals surface area contributed by atoms with Crippen LogP contribution in [0.2, 0.25) is 0 Å². The van der Waals surface area contributed by atoms with E-state index in [-0.39, 0.29) is 11.9 Å². The number of nitrogens with one attached hydrogen (secondary N) is 2. The van der Waals surface area contributed by atoms with Gasteiger partial charge in [-0.2, -0.15) is 0 Å². The molecule has 1 aliphatic heterocycles. The summed E-state index contributed by atoms with van der Waals surface area (Å²) in [4.78, 5) is 18.1. The first-order chi connectivity index (χ1) is 11.2. The number of rotatable bonds is 5. The number of piperidine rings is 1. The third-order valence-electron chi connectivity index (χ3n) is 4.03. The highest BCUT2D eigenvalue weighted by atomic mass is 16.5. The van der Waals surface area contributed by atoms with Crippen LogP contribution in [-0.4, -0.2) is 52.3 Å². The molecule has 6 heteroatoms. The fourth-order valence-electron chi connectivity index (χ4n) is 2.71. The molecule has 0 aromatic heterocycles. The van der Waals surface area contributed by atoms with Crippen LogP contribution >= 0.6 is 0 Å². The largest absolute Gasteiger partial charge is 0.497 e. The minimum absolute atomic E-state index is 0.255. The van der Waals surface area contributed by atoms with E-state index in [4.69, 9.17) is 9.47 Å². The van der Waals surface area contributed by atoms with E-state index < -0.39 is 0 Å². The summed E-state index contributed by atoms with van der Waals surface area (Å²) in [5.41, 5.74) is 0.510. The number of hydrogen-bond acceptors (Lipinski definition) is 4. The maximum absolute atomic E-state index is 12.2. The second-order valence-corrected chi connectivity index (χ2v) is 5.64. The molecule has 0 aliphatic carbocycles. The van der Waals surface area contributed by atoms with Crippen molar-refractivity contribution in [3.8, 4) is 5.75 Å². The number of quaternary nitrogens is 1. The molecule has 1 amide bonds. The zero-order chi connectivity index (χ0) is 16.5. The fourth-order valence-corrected chi connectivity index (χ4v) is 2.71. The second kappa shape index (κ2) is 9.15. The molecule has 1 heterocycles. The van der Waals surface area contributed by atoms with Crippen LogP contribution in [-0.2, 0) is 4.74 Å². The van der Waals surface area contributed by atoms with Crippen LogP contribution in [0, 0.1) is 0 Å². The first kappa shape index (κ1) is 17.3. The Hall–Kier alpha value is -2.08. The van der Waals surface area contributed by atoms with E-state index >= 15 is 0 Å². The lowest BCUT2D eigenvalue weighted by atomic mass is 10.1. The predicted molar refractivity (Wildman–Crippen MR) is 89.2 cm³/mol. The monoisotopic (exact) mass is 320 g/mol. The van der Waals surface area contributed by atoms with Crippen molar-refractivity contribution in [2.75, 3.05) is 40.4 Å².